The largest absolute Gasteiger partial charge is 0.389 e. The zero-order valence-electron chi connectivity index (χ0n) is 16.7. The van der Waals surface area contributed by atoms with Crippen LogP contribution in [0.5, 0.6) is 0 Å². The highest BCUT2D eigenvalue weighted by Gasteiger charge is 2.45. The third-order valence-electron chi connectivity index (χ3n) is 5.11. The Morgan fingerprint density at radius 2 is 2.07 bits per heavy atom. The molecule has 2 heterocycles. The quantitative estimate of drug-likeness (QED) is 0.616. The number of rotatable bonds is 7. The van der Waals surface area contributed by atoms with Crippen molar-refractivity contribution < 1.29 is 14.7 Å². The van der Waals surface area contributed by atoms with Crippen LogP contribution in [0.15, 0.2) is 42.7 Å². The lowest BCUT2D eigenvalue weighted by molar-refractivity contribution is -0.126. The molecule has 2 atom stereocenters. The van der Waals surface area contributed by atoms with Crippen LogP contribution in [0.1, 0.15) is 12.0 Å². The summed E-state index contributed by atoms with van der Waals surface area (Å²) in [5.74, 6) is 0.0606. The monoisotopic (exact) mass is 417 g/mol. The third-order valence-corrected chi connectivity index (χ3v) is 5.66. The molecule has 0 saturated carbocycles. The molecule has 3 N–H and O–H groups in total. The Hall–Kier alpha value is -2.36. The molecule has 9 heteroatoms. The number of anilines is 1. The molecule has 3 rings (SSSR count). The molecular formula is C20H27N5O3S. The van der Waals surface area contributed by atoms with Crippen molar-refractivity contribution >= 4 is 29.3 Å². The highest BCUT2D eigenvalue weighted by atomic mass is 32.2. The number of hydrogen-bond donors (Lipinski definition) is 3. The van der Waals surface area contributed by atoms with Crippen LogP contribution in [0.3, 0.4) is 0 Å². The normalized spacial score (nSPS) is 22.2. The van der Waals surface area contributed by atoms with Gasteiger partial charge in [-0.1, -0.05) is 30.3 Å². The summed E-state index contributed by atoms with van der Waals surface area (Å²) in [6.07, 6.45) is 4.86. The number of nitrogens with zero attached hydrogens (tertiary/aromatic N) is 3. The summed E-state index contributed by atoms with van der Waals surface area (Å²) >= 11 is 1.44. The zero-order chi connectivity index (χ0) is 20.9. The molecule has 0 spiro atoms. The minimum absolute atomic E-state index is 0.108. The van der Waals surface area contributed by atoms with Gasteiger partial charge in [0.2, 0.25) is 11.8 Å². The number of carbonyl (C=O) groups excluding carboxylic acids is 2. The van der Waals surface area contributed by atoms with Crippen molar-refractivity contribution in [3.05, 3.63) is 48.3 Å². The number of hydrogen-bond acceptors (Lipinski definition) is 6. The fourth-order valence-corrected chi connectivity index (χ4v) is 4.07. The van der Waals surface area contributed by atoms with E-state index in [1.54, 1.807) is 24.1 Å². The summed E-state index contributed by atoms with van der Waals surface area (Å²) in [4.78, 5) is 26.6. The summed E-state index contributed by atoms with van der Waals surface area (Å²) in [5.41, 5.74) is 0.657. The van der Waals surface area contributed by atoms with Crippen molar-refractivity contribution in [2.75, 3.05) is 37.0 Å². The first-order valence-corrected chi connectivity index (χ1v) is 10.9. The number of benzene rings is 1. The number of nitrogens with one attached hydrogen (secondary N) is 2. The summed E-state index contributed by atoms with van der Waals surface area (Å²) in [5, 5.41) is 21.0. The average Bonchev–Trinajstić information content (AvgIpc) is 3.09. The number of aliphatic hydroxyl groups excluding tert-OH is 1. The van der Waals surface area contributed by atoms with Crippen LogP contribution in [0, 0.1) is 0 Å². The van der Waals surface area contributed by atoms with Gasteiger partial charge in [0.15, 0.2) is 0 Å². The predicted molar refractivity (Wildman–Crippen MR) is 114 cm³/mol. The lowest BCUT2D eigenvalue weighted by Gasteiger charge is -2.46. The van der Waals surface area contributed by atoms with Crippen LogP contribution >= 0.6 is 11.8 Å². The molecule has 29 heavy (non-hydrogen) atoms. The van der Waals surface area contributed by atoms with Gasteiger partial charge in [0, 0.05) is 26.3 Å². The molecule has 0 unspecified atom stereocenters. The standard InChI is InChI=1S/C20H27N5O3S/c1-24-11-16(10-21-24)22-18(27)13-25-9-8-20(17(26)12-25,23-19(28)14-29-2)15-6-4-3-5-7-15/h3-7,10-11,17,26H,8-9,12-14H2,1-2H3,(H,22,27)(H,23,28)/t17-,20+/m1/s1. The minimum atomic E-state index is -0.857. The summed E-state index contributed by atoms with van der Waals surface area (Å²) < 4.78 is 1.62. The molecular weight excluding hydrogens is 390 g/mol. The Morgan fingerprint density at radius 3 is 2.69 bits per heavy atom. The first kappa shape index (κ1) is 21.4. The van der Waals surface area contributed by atoms with Crippen molar-refractivity contribution in [3.8, 4) is 0 Å². The lowest BCUT2D eigenvalue weighted by Crippen LogP contribution is -2.62. The Morgan fingerprint density at radius 1 is 1.31 bits per heavy atom. The van der Waals surface area contributed by atoms with Crippen LogP contribution in [0.2, 0.25) is 0 Å². The number of thioether (sulfide) groups is 1. The number of aliphatic hydroxyl groups is 1. The van der Waals surface area contributed by atoms with Gasteiger partial charge in [-0.3, -0.25) is 19.2 Å². The molecule has 0 radical (unpaired) electrons. The summed E-state index contributed by atoms with van der Waals surface area (Å²) in [6.45, 7) is 1.02. The summed E-state index contributed by atoms with van der Waals surface area (Å²) in [6, 6.07) is 9.56. The fourth-order valence-electron chi connectivity index (χ4n) is 3.73. The SMILES string of the molecule is CSCC(=O)N[C@]1(c2ccccc2)CCN(CC(=O)Nc2cnn(C)c2)C[C@H]1O. The number of carbonyl (C=O) groups is 2. The van der Waals surface area contributed by atoms with Crippen LogP contribution in [0.4, 0.5) is 5.69 Å². The van der Waals surface area contributed by atoms with Crippen LogP contribution in [0.25, 0.3) is 0 Å². The van der Waals surface area contributed by atoms with Crippen LogP contribution < -0.4 is 10.6 Å². The molecule has 1 saturated heterocycles. The van der Waals surface area contributed by atoms with E-state index in [9.17, 15) is 14.7 Å². The number of β-amino-alcohol motifs (C(OH)–C–C–N with tert-alkyl or cyclic N) is 1. The number of piperidine rings is 1. The molecule has 1 fully saturated rings. The molecule has 0 aliphatic carbocycles. The van der Waals surface area contributed by atoms with E-state index < -0.39 is 11.6 Å². The lowest BCUT2D eigenvalue weighted by atomic mass is 9.78. The minimum Gasteiger partial charge on any atom is -0.389 e. The second-order valence-electron chi connectivity index (χ2n) is 7.27. The second kappa shape index (κ2) is 9.43. The van der Waals surface area contributed by atoms with Gasteiger partial charge in [-0.15, -0.1) is 0 Å². The van der Waals surface area contributed by atoms with Gasteiger partial charge >= 0.3 is 0 Å². The fraction of sp³-hybridized carbons (Fsp3) is 0.450. The maximum Gasteiger partial charge on any atom is 0.238 e. The van der Waals surface area contributed by atoms with E-state index in [1.807, 2.05) is 41.5 Å². The Kier molecular flexibility index (Phi) is 6.94. The predicted octanol–water partition coefficient (Wildman–Crippen LogP) is 0.800. The first-order valence-electron chi connectivity index (χ1n) is 9.47. The number of aromatic nitrogens is 2. The van der Waals surface area contributed by atoms with Gasteiger partial charge in [0.05, 0.1) is 35.8 Å². The molecule has 1 aliphatic heterocycles. The smallest absolute Gasteiger partial charge is 0.238 e. The van der Waals surface area contributed by atoms with E-state index in [1.165, 1.54) is 11.8 Å². The van der Waals surface area contributed by atoms with Crippen molar-refractivity contribution in [2.24, 2.45) is 7.05 Å². The second-order valence-corrected chi connectivity index (χ2v) is 8.14. The molecule has 2 aromatic rings. The molecule has 1 aromatic carbocycles. The maximum absolute atomic E-state index is 12.4. The van der Waals surface area contributed by atoms with Crippen molar-refractivity contribution in [1.82, 2.24) is 20.0 Å². The third kappa shape index (κ3) is 5.17. The van der Waals surface area contributed by atoms with E-state index in [-0.39, 0.29) is 24.9 Å². The van der Waals surface area contributed by atoms with Crippen molar-refractivity contribution in [2.45, 2.75) is 18.1 Å². The highest BCUT2D eigenvalue weighted by Crippen LogP contribution is 2.33. The van der Waals surface area contributed by atoms with E-state index in [2.05, 4.69) is 15.7 Å². The van der Waals surface area contributed by atoms with E-state index >= 15 is 0 Å². The molecule has 2 amide bonds. The van der Waals surface area contributed by atoms with Crippen LogP contribution in [-0.4, -0.2) is 69.3 Å². The van der Waals surface area contributed by atoms with Crippen molar-refractivity contribution in [3.63, 3.8) is 0 Å². The van der Waals surface area contributed by atoms with E-state index in [0.29, 0.717) is 24.4 Å². The molecule has 1 aromatic heterocycles. The van der Waals surface area contributed by atoms with Gasteiger partial charge in [0.1, 0.15) is 0 Å². The first-order chi connectivity index (χ1) is 13.9. The Balaban J connectivity index is 1.69. The molecule has 8 nitrogen and oxygen atoms in total. The van der Waals surface area contributed by atoms with E-state index in [4.69, 9.17) is 0 Å². The van der Waals surface area contributed by atoms with Gasteiger partial charge in [-0.05, 0) is 18.2 Å². The van der Waals surface area contributed by atoms with Crippen molar-refractivity contribution in [1.29, 1.82) is 0 Å². The topological polar surface area (TPSA) is 99.5 Å². The zero-order valence-corrected chi connectivity index (χ0v) is 17.5. The maximum atomic E-state index is 12.4. The Bertz CT molecular complexity index is 844. The van der Waals surface area contributed by atoms with Crippen LogP contribution in [-0.2, 0) is 22.2 Å². The Labute approximate surface area is 174 Å². The van der Waals surface area contributed by atoms with Gasteiger partial charge < -0.3 is 15.7 Å². The van der Waals surface area contributed by atoms with Gasteiger partial charge in [-0.25, -0.2) is 0 Å². The molecule has 156 valence electrons. The molecule has 1 aliphatic rings. The summed E-state index contributed by atoms with van der Waals surface area (Å²) in [7, 11) is 1.78. The highest BCUT2D eigenvalue weighted by molar-refractivity contribution is 7.99. The van der Waals surface area contributed by atoms with E-state index in [0.717, 1.165) is 5.56 Å². The molecule has 0 bridgehead atoms. The van der Waals surface area contributed by atoms with Gasteiger partial charge in [0.25, 0.3) is 0 Å². The number of aryl methyl sites for hydroxylation is 1. The number of likely N-dealkylation sites (tertiary alicyclic amines) is 1. The number of amides is 2. The average molecular weight is 418 g/mol. The van der Waals surface area contributed by atoms with Gasteiger partial charge in [-0.2, -0.15) is 16.9 Å².